The van der Waals surface area contributed by atoms with E-state index in [-0.39, 0.29) is 0 Å². The molecule has 0 bridgehead atoms. The van der Waals surface area contributed by atoms with Crippen molar-refractivity contribution in [2.24, 2.45) is 0 Å². The second kappa shape index (κ2) is 13.3. The van der Waals surface area contributed by atoms with Gasteiger partial charge in [0.05, 0.1) is 13.2 Å². The molecule has 0 aromatic rings. The number of hydrogen-bond donors (Lipinski definition) is 12. The van der Waals surface area contributed by atoms with Crippen molar-refractivity contribution in [3.63, 3.8) is 0 Å². The van der Waals surface area contributed by atoms with Crippen LogP contribution in [0.4, 0.5) is 0 Å². The monoisotopic (exact) mass is 662 g/mol. The third kappa shape index (κ3) is 19.7. The lowest BCUT2D eigenvalue weighted by molar-refractivity contribution is -0.109. The molecule has 0 heterocycles. The van der Waals surface area contributed by atoms with Gasteiger partial charge in [0, 0.05) is 0 Å². The second-order valence-electron chi connectivity index (χ2n) is 5.96. The van der Waals surface area contributed by atoms with E-state index in [1.807, 2.05) is 0 Å². The van der Waals surface area contributed by atoms with Gasteiger partial charge in [0.1, 0.15) is 24.4 Å². The summed E-state index contributed by atoms with van der Waals surface area (Å²) in [4.78, 5) is 108. The van der Waals surface area contributed by atoms with E-state index in [0.29, 0.717) is 0 Å². The van der Waals surface area contributed by atoms with Gasteiger partial charge in [-0.25, -0.2) is 27.4 Å². The van der Waals surface area contributed by atoms with Crippen molar-refractivity contribution in [2.45, 2.75) is 24.4 Å². The van der Waals surface area contributed by atoms with E-state index in [2.05, 4.69) is 27.1 Å². The normalized spacial score (nSPS) is 18.0. The first-order valence-electron chi connectivity index (χ1n) is 7.93. The fourth-order valence-electron chi connectivity index (χ4n) is 2.06. The molecule has 0 amide bonds. The fourth-order valence-corrected chi connectivity index (χ4v) is 4.96. The molecule has 36 heavy (non-hydrogen) atoms. The van der Waals surface area contributed by atoms with Crippen LogP contribution in [0.1, 0.15) is 0 Å². The van der Waals surface area contributed by atoms with E-state index in [4.69, 9.17) is 58.7 Å². The van der Waals surface area contributed by atoms with E-state index < -0.39 is 84.6 Å². The van der Waals surface area contributed by atoms with Gasteiger partial charge in [0.15, 0.2) is 0 Å². The quantitative estimate of drug-likeness (QED) is 0.0695. The van der Waals surface area contributed by atoms with Crippen LogP contribution in [0.2, 0.25) is 0 Å². The van der Waals surface area contributed by atoms with Crippen LogP contribution in [0.15, 0.2) is 0 Å². The van der Waals surface area contributed by atoms with Crippen LogP contribution in [0.3, 0.4) is 0 Å². The van der Waals surface area contributed by atoms with Crippen LogP contribution in [-0.4, -0.2) is 96.4 Å². The lowest BCUT2D eigenvalue weighted by Crippen LogP contribution is -2.51. The summed E-state index contributed by atoms with van der Waals surface area (Å²) in [5.41, 5.74) is 0. The first kappa shape index (κ1) is 36.7. The van der Waals surface area contributed by atoms with Gasteiger partial charge in [-0.2, -0.15) is 0 Å². The molecule has 0 spiro atoms. The Morgan fingerprint density at radius 3 is 0.778 bits per heavy atom. The summed E-state index contributed by atoms with van der Waals surface area (Å²) >= 11 is 0. The van der Waals surface area contributed by atoms with E-state index in [1.165, 1.54) is 0 Å². The topological polar surface area (TPSA) is 401 Å². The Kier molecular flexibility index (Phi) is 13.6. The predicted molar refractivity (Wildman–Crippen MR) is 104 cm³/mol. The molecule has 30 heteroatoms. The van der Waals surface area contributed by atoms with Gasteiger partial charge in [-0.3, -0.25) is 27.1 Å². The zero-order chi connectivity index (χ0) is 29.0. The Bertz CT molecular complexity index is 905. The highest BCUT2D eigenvalue weighted by Crippen LogP contribution is 2.51. The lowest BCUT2D eigenvalue weighted by atomic mass is 10.0. The number of phosphoric ester groups is 6. The zero-order valence-electron chi connectivity index (χ0n) is 16.7. The standard InChI is InChI=1S/C6H20O24P6/c7-31(8,9)25-1-3(27-33(13,14)15)5(29-35(19,20)21)6(30-36(22,23)24)4(28-34(16,17)18)2-26-32(10,11)12/h3-6H,1-2H2,(H2,7,8,9)(H2,10,11,12)(H2,13,14,15)(H2,16,17,18)(H2,19,20,21)(H2,22,23,24)/t3-,4+,5-,6-/m1/s1. The van der Waals surface area contributed by atoms with Gasteiger partial charge in [-0.05, 0) is 0 Å². The average Bonchev–Trinajstić information content (AvgIpc) is 2.53. The van der Waals surface area contributed by atoms with Gasteiger partial charge in [0.2, 0.25) is 0 Å². The highest BCUT2D eigenvalue weighted by molar-refractivity contribution is 7.47. The summed E-state index contributed by atoms with van der Waals surface area (Å²) in [6, 6.07) is 0. The van der Waals surface area contributed by atoms with Crippen molar-refractivity contribution in [1.82, 2.24) is 0 Å². The SMILES string of the molecule is O=P(O)(O)OC[C@H](OP(=O)(O)O)[C@@H](OP(=O)(O)O)[C@H](OP(=O)(O)O)[C@@H](COP(=O)(O)O)OP(=O)(O)O. The fraction of sp³-hybridized carbons (Fsp3) is 1.00. The molecule has 218 valence electrons. The number of rotatable bonds is 17. The van der Waals surface area contributed by atoms with Crippen LogP contribution < -0.4 is 0 Å². The minimum absolute atomic E-state index is 1.84. The Hall–Kier alpha value is 0.660. The molecular formula is C6H20O24P6. The maximum atomic E-state index is 11.4. The molecule has 0 aromatic heterocycles. The first-order valence-corrected chi connectivity index (χ1v) is 17.1. The number of hydrogen-bond acceptors (Lipinski definition) is 12. The molecule has 0 radical (unpaired) electrons. The average molecular weight is 662 g/mol. The summed E-state index contributed by atoms with van der Waals surface area (Å²) in [6.45, 7) is -3.69. The van der Waals surface area contributed by atoms with Crippen LogP contribution in [0.25, 0.3) is 0 Å². The summed E-state index contributed by atoms with van der Waals surface area (Å²) in [5.74, 6) is 0. The Balaban J connectivity index is 6.96. The van der Waals surface area contributed by atoms with Crippen molar-refractivity contribution in [1.29, 1.82) is 0 Å². The van der Waals surface area contributed by atoms with Crippen molar-refractivity contribution in [3.8, 4) is 0 Å². The lowest BCUT2D eigenvalue weighted by Gasteiger charge is -2.36. The molecule has 0 aromatic carbocycles. The van der Waals surface area contributed by atoms with Crippen molar-refractivity contribution < 1.29 is 113 Å². The van der Waals surface area contributed by atoms with E-state index >= 15 is 0 Å². The van der Waals surface area contributed by atoms with Gasteiger partial charge >= 0.3 is 46.9 Å². The van der Waals surface area contributed by atoms with Crippen molar-refractivity contribution in [3.05, 3.63) is 0 Å². The van der Waals surface area contributed by atoms with E-state index in [1.54, 1.807) is 0 Å². The Labute approximate surface area is 198 Å². The highest BCUT2D eigenvalue weighted by atomic mass is 31.2. The summed E-state index contributed by atoms with van der Waals surface area (Å²) < 4.78 is 91.3. The van der Waals surface area contributed by atoms with Gasteiger partial charge in [-0.1, -0.05) is 0 Å². The minimum atomic E-state index is -6.03. The first-order chi connectivity index (χ1) is 15.6. The maximum absolute atomic E-state index is 11.4. The summed E-state index contributed by atoms with van der Waals surface area (Å²) in [6.07, 6.45) is -12.2. The zero-order valence-corrected chi connectivity index (χ0v) is 22.0. The largest absolute Gasteiger partial charge is 0.470 e. The van der Waals surface area contributed by atoms with Crippen molar-refractivity contribution >= 4 is 46.9 Å². The van der Waals surface area contributed by atoms with E-state index in [9.17, 15) is 27.4 Å². The predicted octanol–water partition coefficient (Wildman–Crippen LogP) is -2.88. The van der Waals surface area contributed by atoms with Gasteiger partial charge < -0.3 is 58.7 Å². The smallest absolute Gasteiger partial charge is 0.303 e. The molecule has 12 N–H and O–H groups in total. The van der Waals surface area contributed by atoms with Crippen LogP contribution in [0.5, 0.6) is 0 Å². The molecule has 0 saturated heterocycles. The molecule has 0 unspecified atom stereocenters. The molecule has 0 saturated carbocycles. The summed E-state index contributed by atoms with van der Waals surface area (Å²) in [7, 11) is -35.0. The molecule has 0 aliphatic heterocycles. The minimum Gasteiger partial charge on any atom is -0.303 e. The van der Waals surface area contributed by atoms with Gasteiger partial charge in [-0.15, -0.1) is 0 Å². The third-order valence-corrected chi connectivity index (χ3v) is 6.03. The highest BCUT2D eigenvalue weighted by Gasteiger charge is 2.49. The van der Waals surface area contributed by atoms with Crippen LogP contribution in [0, 0.1) is 0 Å². The molecule has 0 fully saturated rings. The third-order valence-electron chi connectivity index (χ3n) is 2.93. The molecule has 4 atom stereocenters. The summed E-state index contributed by atoms with van der Waals surface area (Å²) in [5, 5.41) is 0. The van der Waals surface area contributed by atoms with Crippen LogP contribution in [-0.2, 0) is 54.5 Å². The molecule has 0 rings (SSSR count). The van der Waals surface area contributed by atoms with E-state index in [0.717, 1.165) is 0 Å². The van der Waals surface area contributed by atoms with Gasteiger partial charge in [0.25, 0.3) is 0 Å². The Morgan fingerprint density at radius 1 is 0.389 bits per heavy atom. The van der Waals surface area contributed by atoms with Crippen LogP contribution >= 0.6 is 46.9 Å². The molecule has 24 nitrogen and oxygen atoms in total. The molecule has 0 aliphatic carbocycles. The Morgan fingerprint density at radius 2 is 0.611 bits per heavy atom. The molecular weight excluding hydrogens is 642 g/mol. The molecule has 0 aliphatic rings. The van der Waals surface area contributed by atoms with Crippen molar-refractivity contribution in [2.75, 3.05) is 13.2 Å². The maximum Gasteiger partial charge on any atom is 0.470 e. The number of phosphoric acid groups is 6. The second-order valence-corrected chi connectivity index (χ2v) is 13.2.